The molecule has 10 rings (SSSR count). The van der Waals surface area contributed by atoms with Crippen LogP contribution in [0.1, 0.15) is 101 Å². The molecule has 0 unspecified atom stereocenters. The maximum atomic E-state index is 12.5. The third-order valence-electron chi connectivity index (χ3n) is 13.2. The minimum Gasteiger partial charge on any atom is -0.447 e. The fourth-order valence-corrected chi connectivity index (χ4v) is 9.41. The highest BCUT2D eigenvalue weighted by Crippen LogP contribution is 2.46. The lowest BCUT2D eigenvalue weighted by Crippen LogP contribution is -2.44. The molecule has 6 amide bonds. The Morgan fingerprint density at radius 3 is 1.09 bits per heavy atom. The van der Waals surface area contributed by atoms with Crippen molar-refractivity contribution in [1.29, 1.82) is 0 Å². The molecular formula is C59H86N8O12. The van der Waals surface area contributed by atoms with Crippen molar-refractivity contribution in [1.82, 2.24) is 36.5 Å². The Morgan fingerprint density at radius 1 is 0.468 bits per heavy atom. The zero-order chi connectivity index (χ0) is 58.4. The van der Waals surface area contributed by atoms with E-state index in [4.69, 9.17) is 28.7 Å². The number of nitrogens with two attached hydrogens (primary N) is 1. The van der Waals surface area contributed by atoms with Crippen LogP contribution in [0.15, 0.2) is 97.1 Å². The highest BCUT2D eigenvalue weighted by molar-refractivity contribution is 5.86. The van der Waals surface area contributed by atoms with E-state index in [1.807, 2.05) is 90.1 Å². The number of rotatable bonds is 8. The van der Waals surface area contributed by atoms with Crippen LogP contribution in [0, 0.1) is 5.92 Å². The molecule has 79 heavy (non-hydrogen) atoms. The Morgan fingerprint density at radius 2 is 0.785 bits per heavy atom. The van der Waals surface area contributed by atoms with Gasteiger partial charge in [-0.2, -0.15) is 15.2 Å². The van der Waals surface area contributed by atoms with Gasteiger partial charge in [0.05, 0.1) is 32.3 Å². The van der Waals surface area contributed by atoms with Crippen LogP contribution in [0.4, 0.5) is 9.59 Å². The van der Waals surface area contributed by atoms with Crippen LogP contribution < -0.4 is 27.0 Å². The lowest BCUT2D eigenvalue weighted by molar-refractivity contribution is -0.143. The third-order valence-corrected chi connectivity index (χ3v) is 13.2. The number of hydrogen-bond donors (Lipinski definition) is 5. The van der Waals surface area contributed by atoms with Gasteiger partial charge in [-0.1, -0.05) is 139 Å². The maximum Gasteiger partial charge on any atom is 0.434 e. The molecule has 6 N–H and O–H groups in total. The molecule has 4 fully saturated rings. The van der Waals surface area contributed by atoms with Gasteiger partial charge in [-0.05, 0) is 64.4 Å². The Bertz CT molecular complexity index is 2290. The van der Waals surface area contributed by atoms with Crippen LogP contribution in [0.25, 0.3) is 22.3 Å². The number of hydroxylamine groups is 6. The number of likely N-dealkylation sites (N-methyl/N-ethyl adjacent to an activating group) is 4. The van der Waals surface area contributed by atoms with Gasteiger partial charge in [-0.15, -0.1) is 0 Å². The van der Waals surface area contributed by atoms with Crippen molar-refractivity contribution in [3.8, 4) is 22.3 Å². The Balaban J connectivity index is 0.000000288. The van der Waals surface area contributed by atoms with E-state index in [1.54, 1.807) is 26.2 Å². The summed E-state index contributed by atoms with van der Waals surface area (Å²) >= 11 is 0. The standard InChI is InChI=1S/2C20H20N2O4.C6H12N2O2.C6H11NO2.3C2H6.CH5N/c2*1-21-19(23)18-10-11-26-22(18)20(24)25-12-17-15-8-4-2-6-13(15)14-7-3-5-9-16(14)17;1-7-6(9)5-3-4-10-8(5)2;1-7-6(8)5-2-3-9-4-5;4*1-2/h2*2-9,17-18H,10-12H2,1H3,(H,21,23);5H,3-4H2,1-2H3,(H,7,9);5H,2-4H2,1H3,(H,7,8);3*1-2H3;2H2,1H3/t2*18-;2*5-;;;;/m0001..../s1. The van der Waals surface area contributed by atoms with Crippen LogP contribution in [-0.4, -0.2) is 158 Å². The molecule has 4 heterocycles. The van der Waals surface area contributed by atoms with E-state index in [1.165, 1.54) is 43.4 Å². The quantitative estimate of drug-likeness (QED) is 0.118. The number of ether oxygens (including phenoxy) is 3. The molecule has 4 saturated heterocycles. The first-order valence-electron chi connectivity index (χ1n) is 27.4. The average Bonchev–Trinajstić information content (AvgIpc) is 4.50. The molecule has 0 radical (unpaired) electrons. The summed E-state index contributed by atoms with van der Waals surface area (Å²) in [6.45, 7) is 15.0. The molecular weight excluding hydrogens is 1010 g/mol. The summed E-state index contributed by atoms with van der Waals surface area (Å²) in [5, 5.41) is 13.9. The normalized spacial score (nSPS) is 18.7. The monoisotopic (exact) mass is 1100 g/mol. The van der Waals surface area contributed by atoms with Gasteiger partial charge < -0.3 is 41.2 Å². The number of hydrogen-bond acceptors (Lipinski definition) is 14. The van der Waals surface area contributed by atoms with E-state index in [0.717, 1.165) is 51.8 Å². The van der Waals surface area contributed by atoms with Crippen molar-refractivity contribution in [2.75, 3.05) is 88.5 Å². The zero-order valence-corrected chi connectivity index (χ0v) is 48.3. The number of carbonyl (C=O) groups is 6. The van der Waals surface area contributed by atoms with Crippen molar-refractivity contribution in [2.24, 2.45) is 11.7 Å². The predicted octanol–water partition coefficient (Wildman–Crippen LogP) is 7.17. The SMILES string of the molecule is CC.CC.CC.CN.CNC(=O)[C@@H]1CCOC1.CNC(=O)[C@@H]1CCON1C.CNC(=O)[C@@H]1CCON1C(=O)OCC1c2ccccc2-c2ccccc21.CNC(=O)[C@@H]1CCON1C(=O)OCC1c2ccccc2-c2ccccc21. The van der Waals surface area contributed by atoms with Gasteiger partial charge in [0.1, 0.15) is 31.3 Å². The Labute approximate surface area is 467 Å². The summed E-state index contributed by atoms with van der Waals surface area (Å²) in [5.41, 5.74) is 13.8. The lowest BCUT2D eigenvalue weighted by atomic mass is 9.98. The molecule has 434 valence electrons. The fourth-order valence-electron chi connectivity index (χ4n) is 9.41. The first kappa shape index (κ1) is 66.3. The molecule has 6 aliphatic rings. The predicted molar refractivity (Wildman–Crippen MR) is 304 cm³/mol. The van der Waals surface area contributed by atoms with Crippen molar-refractivity contribution in [2.45, 2.75) is 97.2 Å². The molecule has 0 spiro atoms. The van der Waals surface area contributed by atoms with Crippen molar-refractivity contribution < 1.29 is 57.5 Å². The van der Waals surface area contributed by atoms with Crippen LogP contribution in [-0.2, 0) is 47.9 Å². The van der Waals surface area contributed by atoms with Crippen molar-refractivity contribution in [3.05, 3.63) is 119 Å². The number of carbonyl (C=O) groups excluding carboxylic acids is 6. The third kappa shape index (κ3) is 17.3. The molecule has 0 aromatic heterocycles. The van der Waals surface area contributed by atoms with Crippen molar-refractivity contribution in [3.63, 3.8) is 0 Å². The summed E-state index contributed by atoms with van der Waals surface area (Å²) in [6, 6.07) is 31.2. The summed E-state index contributed by atoms with van der Waals surface area (Å²) in [7, 11) is 9.63. The number of nitrogens with one attached hydrogen (secondary N) is 4. The van der Waals surface area contributed by atoms with Crippen molar-refractivity contribution >= 4 is 35.8 Å². The average molecular weight is 1100 g/mol. The summed E-state index contributed by atoms with van der Waals surface area (Å²) in [5.74, 6) is -0.311. The first-order valence-corrected chi connectivity index (χ1v) is 27.4. The number of nitrogens with zero attached hydrogens (tertiary/aromatic N) is 3. The van der Waals surface area contributed by atoms with Gasteiger partial charge in [0.25, 0.3) is 0 Å². The van der Waals surface area contributed by atoms with Gasteiger partial charge >= 0.3 is 12.2 Å². The second kappa shape index (κ2) is 35.5. The van der Waals surface area contributed by atoms with Gasteiger partial charge in [-0.25, -0.2) is 9.59 Å². The Kier molecular flexibility index (Phi) is 29.8. The van der Waals surface area contributed by atoms with Gasteiger partial charge in [0.15, 0.2) is 0 Å². The van der Waals surface area contributed by atoms with Crippen LogP contribution in [0.2, 0.25) is 0 Å². The molecule has 4 aromatic rings. The second-order valence-electron chi connectivity index (χ2n) is 17.2. The lowest BCUT2D eigenvalue weighted by Gasteiger charge is -2.22. The van der Waals surface area contributed by atoms with E-state index in [0.29, 0.717) is 39.3 Å². The highest BCUT2D eigenvalue weighted by atomic mass is 16.7. The van der Waals surface area contributed by atoms with Gasteiger partial charge in [0.2, 0.25) is 23.6 Å². The topological polar surface area (TPSA) is 242 Å². The molecule has 0 bridgehead atoms. The van der Waals surface area contributed by atoms with Gasteiger partial charge in [-0.3, -0.25) is 33.7 Å². The molecule has 4 atom stereocenters. The smallest absolute Gasteiger partial charge is 0.434 e. The van der Waals surface area contributed by atoms with E-state index in [2.05, 4.69) is 75.5 Å². The molecule has 4 aliphatic heterocycles. The number of benzene rings is 4. The molecule has 2 aliphatic carbocycles. The van der Waals surface area contributed by atoms with E-state index >= 15 is 0 Å². The largest absolute Gasteiger partial charge is 0.447 e. The molecule has 20 nitrogen and oxygen atoms in total. The summed E-state index contributed by atoms with van der Waals surface area (Å²) in [4.78, 5) is 86.1. The number of amides is 6. The van der Waals surface area contributed by atoms with Crippen LogP contribution in [0.5, 0.6) is 0 Å². The molecule has 0 saturated carbocycles. The highest BCUT2D eigenvalue weighted by Gasteiger charge is 2.39. The Hall–Kier alpha value is -6.94. The maximum absolute atomic E-state index is 12.5. The fraction of sp³-hybridized carbons (Fsp3) is 0.492. The van der Waals surface area contributed by atoms with E-state index in [9.17, 15) is 28.8 Å². The zero-order valence-electron chi connectivity index (χ0n) is 48.3. The minimum atomic E-state index is -0.643. The second-order valence-corrected chi connectivity index (χ2v) is 17.2. The van der Waals surface area contributed by atoms with Gasteiger partial charge in [0, 0.05) is 66.5 Å². The molecule has 4 aromatic carbocycles. The van der Waals surface area contributed by atoms with Crippen LogP contribution >= 0.6 is 0 Å². The van der Waals surface area contributed by atoms with E-state index < -0.39 is 24.3 Å². The first-order chi connectivity index (χ1) is 38.5. The van der Waals surface area contributed by atoms with Crippen LogP contribution in [0.3, 0.4) is 0 Å². The summed E-state index contributed by atoms with van der Waals surface area (Å²) < 4.78 is 16.1. The minimum absolute atomic E-state index is 0.0209. The summed E-state index contributed by atoms with van der Waals surface area (Å²) in [6.07, 6.45) is 1.33. The number of fused-ring (bicyclic) bond motifs is 6. The molecule has 20 heteroatoms. The van der Waals surface area contributed by atoms with E-state index in [-0.39, 0.29) is 60.6 Å².